The molecule has 218 valence electrons. The molecular weight excluding hydrogens is 552 g/mol. The number of nitrogens with zero attached hydrogens (tertiary/aromatic N) is 1. The molecular formula is C37H30N2O5. The second kappa shape index (κ2) is 10.7. The van der Waals surface area contributed by atoms with Crippen molar-refractivity contribution in [3.8, 4) is 11.5 Å². The number of anilines is 1. The monoisotopic (exact) mass is 582 g/mol. The molecule has 1 fully saturated rings. The zero-order valence-electron chi connectivity index (χ0n) is 24.1. The lowest BCUT2D eigenvalue weighted by Crippen LogP contribution is -2.49. The van der Waals surface area contributed by atoms with E-state index in [0.717, 1.165) is 11.1 Å². The Kier molecular flexibility index (Phi) is 6.66. The maximum atomic E-state index is 15.2. The standard InChI is InChI=1S/C37H30N2O5/c1-3-22-44-30-19-11-7-15-26(30)33(40)31-32(34(41)25-14-6-10-18-29(25)43-2)39-21-20-23-12-4-5-13-24(23)35(39)37(31)27-16-8-9-17-28(27)38-36(37)42/h3-21,31-32,35H,1,22H2,2H3,(H,38,42)/t31-,32+,35-,37+/m1/s1. The maximum absolute atomic E-state index is 15.2. The molecule has 1 N–H and O–H groups in total. The fraction of sp³-hybridized carbons (Fsp3) is 0.162. The number of benzene rings is 4. The molecule has 3 aliphatic heterocycles. The maximum Gasteiger partial charge on any atom is 0.238 e. The summed E-state index contributed by atoms with van der Waals surface area (Å²) >= 11 is 0. The molecule has 44 heavy (non-hydrogen) atoms. The van der Waals surface area contributed by atoms with Crippen LogP contribution in [0.25, 0.3) is 6.08 Å². The first kappa shape index (κ1) is 27.4. The van der Waals surface area contributed by atoms with Crippen LogP contribution in [0.3, 0.4) is 0 Å². The molecule has 4 aromatic rings. The number of amides is 1. The summed E-state index contributed by atoms with van der Waals surface area (Å²) in [6, 6.07) is 27.6. The van der Waals surface area contributed by atoms with Crippen LogP contribution in [0.2, 0.25) is 0 Å². The highest BCUT2D eigenvalue weighted by molar-refractivity contribution is 6.17. The number of hydrogen-bond donors (Lipinski definition) is 1. The quantitative estimate of drug-likeness (QED) is 0.196. The first-order valence-electron chi connectivity index (χ1n) is 14.5. The number of fused-ring (bicyclic) bond motifs is 6. The molecule has 0 unspecified atom stereocenters. The van der Waals surface area contributed by atoms with Crippen LogP contribution < -0.4 is 14.8 Å². The predicted octanol–water partition coefficient (Wildman–Crippen LogP) is 6.24. The highest BCUT2D eigenvalue weighted by atomic mass is 16.5. The van der Waals surface area contributed by atoms with Gasteiger partial charge < -0.3 is 19.7 Å². The fourth-order valence-electron chi connectivity index (χ4n) is 7.29. The van der Waals surface area contributed by atoms with E-state index >= 15 is 4.79 Å². The highest BCUT2D eigenvalue weighted by Gasteiger charge is 2.71. The van der Waals surface area contributed by atoms with Crippen LogP contribution in [0.15, 0.2) is 116 Å². The lowest BCUT2D eigenvalue weighted by Gasteiger charge is -2.38. The number of rotatable bonds is 8. The average molecular weight is 583 g/mol. The van der Waals surface area contributed by atoms with Crippen LogP contribution in [0.1, 0.15) is 43.4 Å². The first-order valence-corrected chi connectivity index (χ1v) is 14.5. The summed E-state index contributed by atoms with van der Waals surface area (Å²) in [6.45, 7) is 3.93. The molecule has 7 heteroatoms. The summed E-state index contributed by atoms with van der Waals surface area (Å²) in [4.78, 5) is 46.6. The Morgan fingerprint density at radius 1 is 0.886 bits per heavy atom. The number of Topliss-reactive ketones (excluding diaryl/α,β-unsaturated/α-hetero) is 2. The van der Waals surface area contributed by atoms with E-state index in [9.17, 15) is 9.59 Å². The predicted molar refractivity (Wildman–Crippen MR) is 168 cm³/mol. The van der Waals surface area contributed by atoms with E-state index in [-0.39, 0.29) is 24.1 Å². The molecule has 0 bridgehead atoms. The van der Waals surface area contributed by atoms with Gasteiger partial charge in [0.05, 0.1) is 30.2 Å². The smallest absolute Gasteiger partial charge is 0.238 e. The molecule has 0 radical (unpaired) electrons. The lowest BCUT2D eigenvalue weighted by molar-refractivity contribution is -0.122. The Balaban J connectivity index is 1.54. The molecule has 7 nitrogen and oxygen atoms in total. The van der Waals surface area contributed by atoms with Gasteiger partial charge in [0.15, 0.2) is 11.6 Å². The van der Waals surface area contributed by atoms with Crippen LogP contribution in [0, 0.1) is 5.92 Å². The van der Waals surface area contributed by atoms with Gasteiger partial charge in [-0.3, -0.25) is 14.4 Å². The van der Waals surface area contributed by atoms with Crippen molar-refractivity contribution in [1.29, 1.82) is 0 Å². The fourth-order valence-corrected chi connectivity index (χ4v) is 7.29. The Hall–Kier alpha value is -5.43. The van der Waals surface area contributed by atoms with Crippen molar-refractivity contribution in [2.24, 2.45) is 5.92 Å². The summed E-state index contributed by atoms with van der Waals surface area (Å²) in [7, 11) is 1.51. The second-order valence-corrected chi connectivity index (χ2v) is 11.1. The number of hydrogen-bond acceptors (Lipinski definition) is 6. The number of nitrogens with one attached hydrogen (secondary N) is 1. The average Bonchev–Trinajstić information content (AvgIpc) is 3.55. The SMILES string of the molecule is C=CCOc1ccccc1C(=O)[C@H]1[C@@H](C(=O)c2ccccc2OC)N2C=Cc3ccccc3[C@@H]2[C@@]12C(=O)Nc1ccccc12. The van der Waals surface area contributed by atoms with Crippen molar-refractivity contribution in [1.82, 2.24) is 4.90 Å². The third-order valence-corrected chi connectivity index (χ3v) is 9.00. The Morgan fingerprint density at radius 2 is 1.55 bits per heavy atom. The van der Waals surface area contributed by atoms with E-state index in [1.165, 1.54) is 7.11 Å². The van der Waals surface area contributed by atoms with E-state index in [4.69, 9.17) is 9.47 Å². The normalized spacial score (nSPS) is 22.5. The number of ketones is 2. The van der Waals surface area contributed by atoms with E-state index in [1.807, 2.05) is 65.7 Å². The Morgan fingerprint density at radius 3 is 2.32 bits per heavy atom. The molecule has 0 saturated carbocycles. The molecule has 1 amide bonds. The lowest BCUT2D eigenvalue weighted by atomic mass is 9.62. The van der Waals surface area contributed by atoms with Crippen LogP contribution in [-0.4, -0.2) is 42.1 Å². The van der Waals surface area contributed by atoms with Gasteiger partial charge in [-0.15, -0.1) is 0 Å². The number of para-hydroxylation sites is 3. The zero-order valence-corrected chi connectivity index (χ0v) is 24.1. The number of carbonyl (C=O) groups excluding carboxylic acids is 3. The van der Waals surface area contributed by atoms with Gasteiger partial charge in [-0.2, -0.15) is 0 Å². The molecule has 1 saturated heterocycles. The van der Waals surface area contributed by atoms with E-state index in [2.05, 4.69) is 11.9 Å². The Bertz CT molecular complexity index is 1860. The first-order chi connectivity index (χ1) is 21.5. The summed E-state index contributed by atoms with van der Waals surface area (Å²) in [5.74, 6) is -1.36. The van der Waals surface area contributed by atoms with E-state index < -0.39 is 23.4 Å². The third-order valence-electron chi connectivity index (χ3n) is 9.00. The van der Waals surface area contributed by atoms with Crippen LogP contribution in [-0.2, 0) is 10.2 Å². The minimum atomic E-state index is -1.44. The molecule has 7 rings (SSSR count). The van der Waals surface area contributed by atoms with Crippen LogP contribution in [0.5, 0.6) is 11.5 Å². The van der Waals surface area contributed by atoms with Gasteiger partial charge in [0.1, 0.15) is 29.6 Å². The summed E-state index contributed by atoms with van der Waals surface area (Å²) in [6.07, 6.45) is 5.40. The van der Waals surface area contributed by atoms with E-state index in [0.29, 0.717) is 33.9 Å². The van der Waals surface area contributed by atoms with E-state index in [1.54, 1.807) is 54.6 Å². The minimum absolute atomic E-state index is 0.192. The van der Waals surface area contributed by atoms with Crippen molar-refractivity contribution in [3.05, 3.63) is 144 Å². The second-order valence-electron chi connectivity index (χ2n) is 11.1. The van der Waals surface area contributed by atoms with Gasteiger partial charge >= 0.3 is 0 Å². The summed E-state index contributed by atoms with van der Waals surface area (Å²) in [5.41, 5.74) is 2.30. The molecule has 3 aliphatic rings. The number of carbonyl (C=O) groups is 3. The molecule has 3 heterocycles. The van der Waals surface area contributed by atoms with Crippen molar-refractivity contribution in [3.63, 3.8) is 0 Å². The molecule has 0 aliphatic carbocycles. The summed E-state index contributed by atoms with van der Waals surface area (Å²) < 4.78 is 11.5. The zero-order chi connectivity index (χ0) is 30.4. The molecule has 4 atom stereocenters. The molecule has 0 aromatic heterocycles. The van der Waals surface area contributed by atoms with Gasteiger partial charge in [-0.05, 0) is 53.1 Å². The van der Waals surface area contributed by atoms with Gasteiger partial charge in [0.25, 0.3) is 0 Å². The van der Waals surface area contributed by atoms with Crippen molar-refractivity contribution < 1.29 is 23.9 Å². The topological polar surface area (TPSA) is 84.9 Å². The van der Waals surface area contributed by atoms with Crippen LogP contribution >= 0.6 is 0 Å². The van der Waals surface area contributed by atoms with Gasteiger partial charge in [-0.25, -0.2) is 0 Å². The largest absolute Gasteiger partial charge is 0.496 e. The van der Waals surface area contributed by atoms with Crippen molar-refractivity contribution in [2.45, 2.75) is 17.5 Å². The third kappa shape index (κ3) is 3.85. The minimum Gasteiger partial charge on any atom is -0.496 e. The van der Waals surface area contributed by atoms with Crippen LogP contribution in [0.4, 0.5) is 5.69 Å². The number of methoxy groups -OCH3 is 1. The van der Waals surface area contributed by atoms with Gasteiger partial charge in [0, 0.05) is 11.9 Å². The molecule has 1 spiro atoms. The number of ether oxygens (including phenoxy) is 2. The van der Waals surface area contributed by atoms with Gasteiger partial charge in [0.2, 0.25) is 5.91 Å². The molecule has 4 aromatic carbocycles. The van der Waals surface area contributed by atoms with Gasteiger partial charge in [-0.1, -0.05) is 79.4 Å². The van der Waals surface area contributed by atoms with Crippen molar-refractivity contribution >= 4 is 29.2 Å². The highest BCUT2D eigenvalue weighted by Crippen LogP contribution is 2.62. The Labute approximate surface area is 255 Å². The summed E-state index contributed by atoms with van der Waals surface area (Å²) in [5, 5.41) is 3.08. The van der Waals surface area contributed by atoms with Crippen molar-refractivity contribution in [2.75, 3.05) is 19.0 Å².